The lowest BCUT2D eigenvalue weighted by Gasteiger charge is -2.13. The van der Waals surface area contributed by atoms with Crippen LogP contribution in [0.4, 0.5) is 0 Å². The number of fused-ring (bicyclic) bond motifs is 14. The standard InChI is InChI=1S/2C52H32N4/c1-4-16-40-35(11-1)14-9-20-43(40)51-54-50(55-52(56-51)44-21-10-15-36-12-2-5-17-41(36)44)39-29-25-34(26-30-39)33-23-27-38(28-24-33)49-46-32-31-37-13-3-6-18-42(37)48(46)45-19-7-8-22-47(45)53-49;1-3-12-40-31-42(27-21-33(40)9-1)51-54-50(55-52(56-51)43-28-22-34-10-2-4-13-41(34)32-43)39-25-19-36(20-26-39)35-17-23-38(24-18-35)49-46-30-29-37-11-5-6-14-44(37)48(46)45-15-7-8-16-47(45)53-49/h2*1-32H. The predicted octanol–water partition coefficient (Wildman–Crippen LogP) is 26.7. The number of hydrogen-bond donors (Lipinski definition) is 0. The Bertz CT molecular complexity index is 7250. The van der Waals surface area contributed by atoms with Gasteiger partial charge in [0.05, 0.1) is 22.4 Å². The first kappa shape index (κ1) is 65.2. The number of aromatic nitrogens is 8. The molecule has 8 nitrogen and oxygen atoms in total. The second kappa shape index (κ2) is 27.6. The first-order valence-corrected chi connectivity index (χ1v) is 37.8. The van der Waals surface area contributed by atoms with Gasteiger partial charge in [0.25, 0.3) is 0 Å². The van der Waals surface area contributed by atoms with E-state index >= 15 is 0 Å². The van der Waals surface area contributed by atoms with Crippen LogP contribution in [0.2, 0.25) is 0 Å². The number of hydrogen-bond acceptors (Lipinski definition) is 8. The highest BCUT2D eigenvalue weighted by Gasteiger charge is 2.21. The summed E-state index contributed by atoms with van der Waals surface area (Å²) in [6.07, 6.45) is 0. The van der Waals surface area contributed by atoms with Crippen LogP contribution in [0.3, 0.4) is 0 Å². The van der Waals surface area contributed by atoms with Crippen molar-refractivity contribution in [1.29, 1.82) is 0 Å². The normalized spacial score (nSPS) is 11.6. The van der Waals surface area contributed by atoms with Crippen LogP contribution in [-0.2, 0) is 0 Å². The van der Waals surface area contributed by atoms with Gasteiger partial charge in [0, 0.05) is 76.8 Å². The van der Waals surface area contributed by atoms with Crippen molar-refractivity contribution in [2.24, 2.45) is 0 Å². The van der Waals surface area contributed by atoms with Gasteiger partial charge in [-0.2, -0.15) is 0 Å². The van der Waals surface area contributed by atoms with Gasteiger partial charge in [-0.15, -0.1) is 0 Å². The molecule has 0 aliphatic rings. The SMILES string of the molecule is c1ccc2c(-c3nc(-c4ccc(-c5ccc(-c6nc7ccccc7c7c6ccc6ccccc67)cc5)cc4)nc(-c4cccc5ccccc45)n3)cccc2c1.c1ccc2cc(-c3nc(-c4ccc(-c5ccc(-c6nc7ccccc7c7c6ccc6ccccc67)cc5)cc4)nc(-c4ccc5ccccc5c4)n3)ccc2c1. The van der Waals surface area contributed by atoms with E-state index in [1.165, 1.54) is 53.9 Å². The zero-order valence-electron chi connectivity index (χ0n) is 60.5. The Balaban J connectivity index is 0.000000141. The summed E-state index contributed by atoms with van der Waals surface area (Å²) in [5.74, 6) is 3.86. The predicted molar refractivity (Wildman–Crippen MR) is 465 cm³/mol. The monoisotopic (exact) mass is 1420 g/mol. The Morgan fingerprint density at radius 2 is 0.393 bits per heavy atom. The summed E-state index contributed by atoms with van der Waals surface area (Å²) in [7, 11) is 0. The van der Waals surface area contributed by atoms with E-state index in [2.05, 4.69) is 388 Å². The van der Waals surface area contributed by atoms with E-state index in [1.54, 1.807) is 0 Å². The third-order valence-corrected chi connectivity index (χ3v) is 21.8. The minimum absolute atomic E-state index is 0.634. The molecule has 112 heavy (non-hydrogen) atoms. The summed E-state index contributed by atoms with van der Waals surface area (Å²) in [6, 6.07) is 136. The van der Waals surface area contributed by atoms with Gasteiger partial charge in [-0.3, -0.25) is 0 Å². The van der Waals surface area contributed by atoms with E-state index in [9.17, 15) is 0 Å². The summed E-state index contributed by atoms with van der Waals surface area (Å²) in [4.78, 5) is 40.9. The molecule has 0 saturated heterocycles. The molecule has 0 spiro atoms. The van der Waals surface area contributed by atoms with E-state index < -0.39 is 0 Å². The Hall–Kier alpha value is -15.1. The largest absolute Gasteiger partial charge is 0.247 e. The number of pyridine rings is 2. The van der Waals surface area contributed by atoms with Crippen LogP contribution in [0.1, 0.15) is 0 Å². The molecule has 18 aromatic carbocycles. The molecule has 0 aliphatic carbocycles. The molecule has 0 N–H and O–H groups in total. The third-order valence-electron chi connectivity index (χ3n) is 21.8. The molecule has 0 unspecified atom stereocenters. The highest BCUT2D eigenvalue weighted by Crippen LogP contribution is 2.42. The fourth-order valence-electron chi connectivity index (χ4n) is 16.2. The van der Waals surface area contributed by atoms with Crippen molar-refractivity contribution in [1.82, 2.24) is 39.9 Å². The summed E-state index contributed by atoms with van der Waals surface area (Å²) in [5.41, 5.74) is 16.3. The minimum atomic E-state index is 0.634. The lowest BCUT2D eigenvalue weighted by Crippen LogP contribution is -2.01. The topological polar surface area (TPSA) is 103 Å². The van der Waals surface area contributed by atoms with Crippen molar-refractivity contribution in [3.63, 3.8) is 0 Å². The highest BCUT2D eigenvalue weighted by molar-refractivity contribution is 6.24. The van der Waals surface area contributed by atoms with E-state index in [1.807, 2.05) is 0 Å². The molecule has 520 valence electrons. The Morgan fingerprint density at radius 3 is 0.786 bits per heavy atom. The van der Waals surface area contributed by atoms with Crippen LogP contribution in [0.25, 0.3) is 221 Å². The van der Waals surface area contributed by atoms with Crippen molar-refractivity contribution in [3.05, 3.63) is 388 Å². The van der Waals surface area contributed by atoms with Crippen molar-refractivity contribution in [2.75, 3.05) is 0 Å². The van der Waals surface area contributed by atoms with Crippen LogP contribution in [0.5, 0.6) is 0 Å². The molecule has 22 rings (SSSR count). The first-order chi connectivity index (χ1) is 55.5. The van der Waals surface area contributed by atoms with E-state index in [-0.39, 0.29) is 0 Å². The van der Waals surface area contributed by atoms with Crippen molar-refractivity contribution in [2.45, 2.75) is 0 Å². The maximum atomic E-state index is 5.20. The zero-order valence-corrected chi connectivity index (χ0v) is 60.5. The number of rotatable bonds is 10. The maximum Gasteiger partial charge on any atom is 0.164 e. The van der Waals surface area contributed by atoms with Gasteiger partial charge in [0.15, 0.2) is 34.9 Å². The van der Waals surface area contributed by atoms with E-state index in [4.69, 9.17) is 39.9 Å². The number of nitrogens with zero attached hydrogens (tertiary/aromatic N) is 8. The van der Waals surface area contributed by atoms with Gasteiger partial charge in [-0.1, -0.05) is 364 Å². The van der Waals surface area contributed by atoms with Crippen molar-refractivity contribution in [3.8, 4) is 113 Å². The summed E-state index contributed by atoms with van der Waals surface area (Å²) >= 11 is 0. The fraction of sp³-hybridized carbons (Fsp3) is 0. The van der Waals surface area contributed by atoms with Crippen molar-refractivity contribution >= 4 is 108 Å². The van der Waals surface area contributed by atoms with Gasteiger partial charge in [-0.05, 0) is 111 Å². The molecule has 0 amide bonds. The van der Waals surface area contributed by atoms with Crippen LogP contribution >= 0.6 is 0 Å². The lowest BCUT2D eigenvalue weighted by molar-refractivity contribution is 1.08. The van der Waals surface area contributed by atoms with E-state index in [0.29, 0.717) is 34.9 Å². The second-order valence-electron chi connectivity index (χ2n) is 28.5. The van der Waals surface area contributed by atoms with Crippen LogP contribution in [0, 0.1) is 0 Å². The average molecular weight is 1430 g/mol. The number of benzene rings is 18. The average Bonchev–Trinajstić information content (AvgIpc) is 0.745. The number of para-hydroxylation sites is 2. The fourth-order valence-corrected chi connectivity index (χ4v) is 16.2. The second-order valence-corrected chi connectivity index (χ2v) is 28.5. The van der Waals surface area contributed by atoms with Gasteiger partial charge in [0.2, 0.25) is 0 Å². The lowest BCUT2D eigenvalue weighted by atomic mass is 9.94. The molecule has 0 fully saturated rings. The van der Waals surface area contributed by atoms with E-state index in [0.717, 1.165) is 132 Å². The summed E-state index contributed by atoms with van der Waals surface area (Å²) < 4.78 is 0. The smallest absolute Gasteiger partial charge is 0.164 e. The molecule has 4 heterocycles. The quantitative estimate of drug-likeness (QED) is 0.125. The van der Waals surface area contributed by atoms with Crippen LogP contribution < -0.4 is 0 Å². The van der Waals surface area contributed by atoms with Crippen LogP contribution in [-0.4, -0.2) is 39.9 Å². The summed E-state index contributed by atoms with van der Waals surface area (Å²) in [6.45, 7) is 0. The zero-order chi connectivity index (χ0) is 74.0. The molecule has 0 radical (unpaired) electrons. The first-order valence-electron chi connectivity index (χ1n) is 37.8. The molecule has 22 aromatic rings. The van der Waals surface area contributed by atoms with Gasteiger partial charge in [0.1, 0.15) is 0 Å². The molecule has 0 saturated carbocycles. The summed E-state index contributed by atoms with van der Waals surface area (Å²) in [5, 5.41) is 21.2. The Morgan fingerprint density at radius 1 is 0.134 bits per heavy atom. The third kappa shape index (κ3) is 11.9. The Labute approximate surface area is 645 Å². The van der Waals surface area contributed by atoms with Crippen molar-refractivity contribution < 1.29 is 0 Å². The van der Waals surface area contributed by atoms with Gasteiger partial charge < -0.3 is 0 Å². The molecule has 8 heteroatoms. The van der Waals surface area contributed by atoms with Gasteiger partial charge in [-0.25, -0.2) is 39.9 Å². The molecule has 0 atom stereocenters. The highest BCUT2D eigenvalue weighted by atomic mass is 15.0. The van der Waals surface area contributed by atoms with Crippen LogP contribution in [0.15, 0.2) is 388 Å². The Kier molecular flexibility index (Phi) is 16.1. The molecule has 4 aromatic heterocycles. The molecule has 0 bridgehead atoms. The minimum Gasteiger partial charge on any atom is -0.247 e. The van der Waals surface area contributed by atoms with Gasteiger partial charge >= 0.3 is 0 Å². The molecule has 0 aliphatic heterocycles. The molecular formula is C104H64N8. The maximum absolute atomic E-state index is 5.20. The molecular weight excluding hydrogens is 1360 g/mol.